The third-order valence-corrected chi connectivity index (χ3v) is 2.30. The maximum Gasteiger partial charge on any atom is 0.0414 e. The quantitative estimate of drug-likeness (QED) is 0.531. The summed E-state index contributed by atoms with van der Waals surface area (Å²) in [6.45, 7) is 0.844. The molecule has 0 aliphatic rings. The number of nitrogen functional groups attached to an aromatic ring is 1. The van der Waals surface area contributed by atoms with E-state index in [1.165, 1.54) is 0 Å². The number of anilines is 2. The third-order valence-electron chi connectivity index (χ3n) is 2.30. The minimum atomic E-state index is -0.966. The van der Waals surface area contributed by atoms with Crippen LogP contribution in [0.4, 0.5) is 11.4 Å². The molecule has 0 spiro atoms. The Morgan fingerprint density at radius 2 is 1.88 bits per heavy atom. The number of carboxylic acids is 1. The Kier molecular flexibility index (Phi) is 5.19. The summed E-state index contributed by atoms with van der Waals surface area (Å²) in [7, 11) is 0. The summed E-state index contributed by atoms with van der Waals surface area (Å²) < 4.78 is 0. The Morgan fingerprint density at radius 3 is 2.50 bits per heavy atom. The van der Waals surface area contributed by atoms with Crippen LogP contribution in [0.3, 0.4) is 0 Å². The topological polar surface area (TPSA) is 78.2 Å². The number of aliphatic carboxylic acids is 1. The normalized spacial score (nSPS) is 10.0. The summed E-state index contributed by atoms with van der Waals surface area (Å²) in [4.78, 5) is 10.1. The van der Waals surface area contributed by atoms with Crippen LogP contribution in [0.1, 0.15) is 25.7 Å². The highest BCUT2D eigenvalue weighted by atomic mass is 16.4. The van der Waals surface area contributed by atoms with Crippen LogP contribution in [0.15, 0.2) is 24.3 Å². The van der Waals surface area contributed by atoms with Gasteiger partial charge in [-0.1, -0.05) is 6.42 Å². The molecule has 1 rings (SSSR count). The van der Waals surface area contributed by atoms with Gasteiger partial charge in [0.15, 0.2) is 0 Å². The first kappa shape index (κ1) is 12.4. The molecule has 0 bridgehead atoms. The van der Waals surface area contributed by atoms with E-state index in [-0.39, 0.29) is 6.42 Å². The van der Waals surface area contributed by atoms with Crippen LogP contribution in [0.5, 0.6) is 0 Å². The van der Waals surface area contributed by atoms with E-state index in [1.54, 1.807) is 0 Å². The zero-order valence-corrected chi connectivity index (χ0v) is 9.24. The minimum absolute atomic E-state index is 0.155. The predicted octanol–water partition coefficient (Wildman–Crippen LogP) is 0.991. The van der Waals surface area contributed by atoms with Crippen molar-refractivity contribution in [1.82, 2.24) is 0 Å². The van der Waals surface area contributed by atoms with Gasteiger partial charge in [0.25, 0.3) is 0 Å². The second-order valence-electron chi connectivity index (χ2n) is 3.73. The molecule has 0 aromatic heterocycles. The average molecular weight is 221 g/mol. The Balaban J connectivity index is 2.07. The number of nitrogens with two attached hydrogens (primary N) is 1. The molecule has 0 saturated heterocycles. The maximum atomic E-state index is 10.1. The van der Waals surface area contributed by atoms with E-state index in [1.807, 2.05) is 24.3 Å². The van der Waals surface area contributed by atoms with E-state index >= 15 is 0 Å². The first-order valence-electron chi connectivity index (χ1n) is 5.48. The fourth-order valence-corrected chi connectivity index (χ4v) is 1.40. The summed E-state index contributed by atoms with van der Waals surface area (Å²) in [6.07, 6.45) is 2.70. The fraction of sp³-hybridized carbons (Fsp3) is 0.417. The van der Waals surface area contributed by atoms with Gasteiger partial charge in [0.1, 0.15) is 0 Å². The molecule has 16 heavy (non-hydrogen) atoms. The van der Waals surface area contributed by atoms with Gasteiger partial charge in [-0.15, -0.1) is 0 Å². The lowest BCUT2D eigenvalue weighted by atomic mass is 10.2. The van der Waals surface area contributed by atoms with Crippen LogP contribution in [0, 0.1) is 0 Å². The second kappa shape index (κ2) is 6.71. The van der Waals surface area contributed by atoms with Crippen molar-refractivity contribution in [3.8, 4) is 0 Å². The average Bonchev–Trinajstić information content (AvgIpc) is 2.25. The van der Waals surface area contributed by atoms with E-state index in [0.717, 1.165) is 30.8 Å². The smallest absolute Gasteiger partial charge is 0.0414 e. The van der Waals surface area contributed by atoms with Crippen LogP contribution in [0.2, 0.25) is 0 Å². The van der Waals surface area contributed by atoms with Crippen molar-refractivity contribution in [3.63, 3.8) is 0 Å². The molecule has 0 heterocycles. The lowest BCUT2D eigenvalue weighted by Gasteiger charge is -2.06. The lowest BCUT2D eigenvalue weighted by Crippen LogP contribution is -2.21. The lowest BCUT2D eigenvalue weighted by molar-refractivity contribution is -0.305. The van der Waals surface area contributed by atoms with Crippen molar-refractivity contribution < 1.29 is 9.90 Å². The molecule has 0 unspecified atom stereocenters. The number of carbonyl (C=O) groups is 1. The van der Waals surface area contributed by atoms with Crippen LogP contribution >= 0.6 is 0 Å². The van der Waals surface area contributed by atoms with Crippen molar-refractivity contribution in [2.24, 2.45) is 0 Å². The molecule has 0 aliphatic carbocycles. The number of benzene rings is 1. The van der Waals surface area contributed by atoms with Crippen LogP contribution in [0.25, 0.3) is 0 Å². The van der Waals surface area contributed by atoms with Gasteiger partial charge in [0, 0.05) is 23.9 Å². The molecule has 0 amide bonds. The number of nitrogens with one attached hydrogen (secondary N) is 1. The molecule has 4 heteroatoms. The highest BCUT2D eigenvalue weighted by Gasteiger charge is 1.92. The van der Waals surface area contributed by atoms with Gasteiger partial charge in [0.05, 0.1) is 0 Å². The van der Waals surface area contributed by atoms with Gasteiger partial charge in [-0.05, 0) is 43.5 Å². The maximum absolute atomic E-state index is 10.1. The van der Waals surface area contributed by atoms with Crippen LogP contribution < -0.4 is 16.2 Å². The van der Waals surface area contributed by atoms with E-state index in [0.29, 0.717) is 6.42 Å². The highest BCUT2D eigenvalue weighted by molar-refractivity contribution is 5.64. The molecule has 0 radical (unpaired) electrons. The molecular weight excluding hydrogens is 204 g/mol. The zero-order valence-electron chi connectivity index (χ0n) is 9.24. The van der Waals surface area contributed by atoms with Crippen molar-refractivity contribution in [3.05, 3.63) is 24.3 Å². The summed E-state index contributed by atoms with van der Waals surface area (Å²) >= 11 is 0. The molecule has 4 nitrogen and oxygen atoms in total. The van der Waals surface area contributed by atoms with E-state index < -0.39 is 5.97 Å². The van der Waals surface area contributed by atoms with Gasteiger partial charge in [0.2, 0.25) is 0 Å². The second-order valence-corrected chi connectivity index (χ2v) is 3.73. The molecule has 1 aromatic carbocycles. The van der Waals surface area contributed by atoms with Gasteiger partial charge in [-0.2, -0.15) is 0 Å². The molecule has 0 atom stereocenters. The number of rotatable bonds is 7. The van der Waals surface area contributed by atoms with Gasteiger partial charge >= 0.3 is 0 Å². The largest absolute Gasteiger partial charge is 0.550 e. The number of hydrogen-bond donors (Lipinski definition) is 2. The zero-order chi connectivity index (χ0) is 11.8. The SMILES string of the molecule is Nc1ccc(NCCCCCC(=O)[O-])cc1. The minimum Gasteiger partial charge on any atom is -0.550 e. The van der Waals surface area contributed by atoms with Crippen molar-refractivity contribution >= 4 is 17.3 Å². The monoisotopic (exact) mass is 221 g/mol. The van der Waals surface area contributed by atoms with Gasteiger partial charge < -0.3 is 21.0 Å². The van der Waals surface area contributed by atoms with Crippen LogP contribution in [-0.2, 0) is 4.79 Å². The number of hydrogen-bond acceptors (Lipinski definition) is 4. The molecule has 0 saturated carbocycles. The molecule has 0 fully saturated rings. The summed E-state index contributed by atoms with van der Waals surface area (Å²) in [5.74, 6) is -0.966. The Morgan fingerprint density at radius 1 is 1.19 bits per heavy atom. The first-order chi connectivity index (χ1) is 7.68. The number of carbonyl (C=O) groups excluding carboxylic acids is 1. The van der Waals surface area contributed by atoms with E-state index in [2.05, 4.69) is 5.32 Å². The molecule has 88 valence electrons. The number of carboxylic acid groups (broad SMARTS) is 1. The molecule has 3 N–H and O–H groups in total. The standard InChI is InChI=1S/C12H18N2O2/c13-10-5-7-11(8-6-10)14-9-3-1-2-4-12(15)16/h5-8,14H,1-4,9,13H2,(H,15,16)/p-1. The van der Waals surface area contributed by atoms with Crippen molar-refractivity contribution in [2.45, 2.75) is 25.7 Å². The van der Waals surface area contributed by atoms with Crippen molar-refractivity contribution in [1.29, 1.82) is 0 Å². The highest BCUT2D eigenvalue weighted by Crippen LogP contribution is 2.10. The summed E-state index contributed by atoms with van der Waals surface area (Å²) in [6, 6.07) is 7.55. The first-order valence-corrected chi connectivity index (χ1v) is 5.48. The summed E-state index contributed by atoms with van der Waals surface area (Å²) in [5.41, 5.74) is 7.35. The van der Waals surface area contributed by atoms with Gasteiger partial charge in [-0.3, -0.25) is 0 Å². The van der Waals surface area contributed by atoms with Gasteiger partial charge in [-0.25, -0.2) is 0 Å². The third kappa shape index (κ3) is 5.24. The van der Waals surface area contributed by atoms with E-state index in [4.69, 9.17) is 5.73 Å². The predicted molar refractivity (Wildman–Crippen MR) is 62.8 cm³/mol. The molecule has 1 aromatic rings. The number of unbranched alkanes of at least 4 members (excludes halogenated alkanes) is 2. The Hall–Kier alpha value is -1.71. The Labute approximate surface area is 95.5 Å². The molecular formula is C12H17N2O2-. The fourth-order valence-electron chi connectivity index (χ4n) is 1.40. The van der Waals surface area contributed by atoms with Crippen molar-refractivity contribution in [2.75, 3.05) is 17.6 Å². The Bertz CT molecular complexity index is 322. The summed E-state index contributed by atoms with van der Waals surface area (Å²) in [5, 5.41) is 13.4. The van der Waals surface area contributed by atoms with E-state index in [9.17, 15) is 9.90 Å². The van der Waals surface area contributed by atoms with Crippen LogP contribution in [-0.4, -0.2) is 12.5 Å². The molecule has 0 aliphatic heterocycles.